The van der Waals surface area contributed by atoms with Crippen LogP contribution in [0.2, 0.25) is 0 Å². The number of carbonyl (C=O) groups excluding carboxylic acids is 1. The Morgan fingerprint density at radius 3 is 2.81 bits per heavy atom. The monoisotopic (exact) mass is 285 g/mol. The largest absolute Gasteiger partial charge is 0.370 e. The molecule has 1 aromatic carbocycles. The van der Waals surface area contributed by atoms with E-state index in [2.05, 4.69) is 25.4 Å². The maximum atomic E-state index is 12.2. The van der Waals surface area contributed by atoms with Gasteiger partial charge in [-0.05, 0) is 25.0 Å². The van der Waals surface area contributed by atoms with Crippen molar-refractivity contribution >= 4 is 17.3 Å². The van der Waals surface area contributed by atoms with Crippen molar-refractivity contribution in [3.8, 4) is 0 Å². The Morgan fingerprint density at radius 1 is 1.33 bits per heavy atom. The number of amides is 1. The minimum Gasteiger partial charge on any atom is -0.370 e. The Morgan fingerprint density at radius 2 is 2.10 bits per heavy atom. The predicted octanol–water partition coefficient (Wildman–Crippen LogP) is 2.22. The fourth-order valence-electron chi connectivity index (χ4n) is 2.55. The summed E-state index contributed by atoms with van der Waals surface area (Å²) in [6, 6.07) is 7.87. The van der Waals surface area contributed by atoms with E-state index in [1.54, 1.807) is 0 Å². The van der Waals surface area contributed by atoms with E-state index < -0.39 is 0 Å². The summed E-state index contributed by atoms with van der Waals surface area (Å²) in [6.07, 6.45) is 3.12. The summed E-state index contributed by atoms with van der Waals surface area (Å²) in [5.74, 6) is 0.619. The Bertz CT molecular complexity index is 630. The van der Waals surface area contributed by atoms with E-state index in [9.17, 15) is 4.79 Å². The molecule has 0 atom stereocenters. The summed E-state index contributed by atoms with van der Waals surface area (Å²) in [5.41, 5.74) is 1.88. The molecule has 1 aromatic heterocycles. The van der Waals surface area contributed by atoms with Crippen LogP contribution in [0.1, 0.15) is 36.2 Å². The molecule has 6 heteroatoms. The number of aryl methyl sites for hydroxylation is 1. The second-order valence-electron chi connectivity index (χ2n) is 5.12. The van der Waals surface area contributed by atoms with E-state index in [-0.39, 0.29) is 11.7 Å². The summed E-state index contributed by atoms with van der Waals surface area (Å²) in [7, 11) is 0. The lowest BCUT2D eigenvalue weighted by Crippen LogP contribution is -2.21. The SMILES string of the molecule is CCc1nc(C(=O)Nc2ccccc2N2CCCC2)n[nH]1. The molecule has 110 valence electrons. The van der Waals surface area contributed by atoms with Crippen LogP contribution in [-0.4, -0.2) is 34.2 Å². The van der Waals surface area contributed by atoms with Crippen molar-refractivity contribution in [2.45, 2.75) is 26.2 Å². The van der Waals surface area contributed by atoms with Crippen LogP contribution < -0.4 is 10.2 Å². The van der Waals surface area contributed by atoms with Gasteiger partial charge in [-0.3, -0.25) is 9.89 Å². The zero-order valence-electron chi connectivity index (χ0n) is 12.1. The van der Waals surface area contributed by atoms with E-state index in [0.29, 0.717) is 5.82 Å². The van der Waals surface area contributed by atoms with Crippen LogP contribution in [0, 0.1) is 0 Å². The molecule has 1 fully saturated rings. The van der Waals surface area contributed by atoms with Crippen LogP contribution >= 0.6 is 0 Å². The number of nitrogens with zero attached hydrogens (tertiary/aromatic N) is 3. The Labute approximate surface area is 123 Å². The molecule has 1 aliphatic rings. The summed E-state index contributed by atoms with van der Waals surface area (Å²) in [5, 5.41) is 9.62. The smallest absolute Gasteiger partial charge is 0.295 e. The number of hydrogen-bond donors (Lipinski definition) is 2. The van der Waals surface area contributed by atoms with Gasteiger partial charge in [-0.25, -0.2) is 4.98 Å². The molecular weight excluding hydrogens is 266 g/mol. The predicted molar refractivity (Wildman–Crippen MR) is 81.6 cm³/mol. The molecule has 0 aliphatic carbocycles. The van der Waals surface area contributed by atoms with Crippen molar-refractivity contribution in [1.82, 2.24) is 15.2 Å². The second-order valence-corrected chi connectivity index (χ2v) is 5.12. The number of nitrogens with one attached hydrogen (secondary N) is 2. The Kier molecular flexibility index (Phi) is 3.85. The van der Waals surface area contributed by atoms with E-state index >= 15 is 0 Å². The fraction of sp³-hybridized carbons (Fsp3) is 0.400. The summed E-state index contributed by atoms with van der Waals surface area (Å²) < 4.78 is 0. The molecule has 3 rings (SSSR count). The maximum Gasteiger partial charge on any atom is 0.295 e. The lowest BCUT2D eigenvalue weighted by atomic mass is 10.2. The van der Waals surface area contributed by atoms with Crippen LogP contribution in [0.5, 0.6) is 0 Å². The molecule has 1 aliphatic heterocycles. The normalized spacial score (nSPS) is 14.4. The highest BCUT2D eigenvalue weighted by atomic mass is 16.2. The topological polar surface area (TPSA) is 73.9 Å². The van der Waals surface area contributed by atoms with Crippen molar-refractivity contribution in [2.24, 2.45) is 0 Å². The molecule has 0 saturated carbocycles. The minimum atomic E-state index is -0.280. The number of benzene rings is 1. The molecule has 1 saturated heterocycles. The third kappa shape index (κ3) is 2.89. The van der Waals surface area contributed by atoms with Gasteiger partial charge >= 0.3 is 0 Å². The third-order valence-electron chi connectivity index (χ3n) is 3.67. The third-order valence-corrected chi connectivity index (χ3v) is 3.67. The first-order chi connectivity index (χ1) is 10.3. The first kappa shape index (κ1) is 13.6. The molecule has 21 heavy (non-hydrogen) atoms. The summed E-state index contributed by atoms with van der Waals surface area (Å²) in [6.45, 7) is 4.03. The van der Waals surface area contributed by atoms with E-state index in [4.69, 9.17) is 0 Å². The highest BCUT2D eigenvalue weighted by molar-refractivity contribution is 6.03. The Hall–Kier alpha value is -2.37. The molecule has 0 unspecified atom stereocenters. The average Bonchev–Trinajstić information content (AvgIpc) is 3.19. The lowest BCUT2D eigenvalue weighted by molar-refractivity contribution is 0.101. The van der Waals surface area contributed by atoms with Crippen molar-refractivity contribution in [3.63, 3.8) is 0 Å². The molecule has 2 aromatic rings. The molecule has 2 N–H and O–H groups in total. The highest BCUT2D eigenvalue weighted by Gasteiger charge is 2.18. The van der Waals surface area contributed by atoms with Gasteiger partial charge in [0.2, 0.25) is 5.82 Å². The van der Waals surface area contributed by atoms with Crippen LogP contribution in [0.4, 0.5) is 11.4 Å². The lowest BCUT2D eigenvalue weighted by Gasteiger charge is -2.21. The average molecular weight is 285 g/mol. The highest BCUT2D eigenvalue weighted by Crippen LogP contribution is 2.28. The van der Waals surface area contributed by atoms with Gasteiger partial charge in [-0.15, -0.1) is 5.10 Å². The zero-order valence-corrected chi connectivity index (χ0v) is 12.1. The Balaban J connectivity index is 1.79. The van der Waals surface area contributed by atoms with E-state index in [0.717, 1.165) is 30.9 Å². The molecule has 0 radical (unpaired) electrons. The van der Waals surface area contributed by atoms with Gasteiger partial charge in [0.1, 0.15) is 5.82 Å². The molecule has 1 amide bonds. The van der Waals surface area contributed by atoms with Gasteiger partial charge in [0, 0.05) is 19.5 Å². The van der Waals surface area contributed by atoms with Gasteiger partial charge in [-0.2, -0.15) is 0 Å². The number of hydrogen-bond acceptors (Lipinski definition) is 4. The standard InChI is InChI=1S/C15H19N5O/c1-2-13-17-14(19-18-13)15(21)16-11-7-3-4-8-12(11)20-9-5-6-10-20/h3-4,7-8H,2,5-6,9-10H2,1H3,(H,16,21)(H,17,18,19). The van der Waals surface area contributed by atoms with Crippen molar-refractivity contribution < 1.29 is 4.79 Å². The van der Waals surface area contributed by atoms with Crippen molar-refractivity contribution in [3.05, 3.63) is 35.9 Å². The maximum absolute atomic E-state index is 12.2. The number of anilines is 2. The van der Waals surface area contributed by atoms with Crippen molar-refractivity contribution in [1.29, 1.82) is 0 Å². The van der Waals surface area contributed by atoms with E-state index in [1.807, 2.05) is 31.2 Å². The zero-order chi connectivity index (χ0) is 14.7. The van der Waals surface area contributed by atoms with E-state index in [1.165, 1.54) is 12.8 Å². The van der Waals surface area contributed by atoms with Gasteiger partial charge in [0.15, 0.2) is 0 Å². The number of rotatable bonds is 4. The number of aromatic nitrogens is 3. The molecule has 0 bridgehead atoms. The van der Waals surface area contributed by atoms with Gasteiger partial charge in [0.25, 0.3) is 5.91 Å². The summed E-state index contributed by atoms with van der Waals surface area (Å²) >= 11 is 0. The molecule has 6 nitrogen and oxygen atoms in total. The molecule has 0 spiro atoms. The fourth-order valence-corrected chi connectivity index (χ4v) is 2.55. The molecule has 2 heterocycles. The van der Waals surface area contributed by atoms with Gasteiger partial charge in [0.05, 0.1) is 11.4 Å². The first-order valence-corrected chi connectivity index (χ1v) is 7.34. The number of aromatic amines is 1. The van der Waals surface area contributed by atoms with Crippen LogP contribution in [-0.2, 0) is 6.42 Å². The van der Waals surface area contributed by atoms with Gasteiger partial charge < -0.3 is 10.2 Å². The molecular formula is C15H19N5O. The first-order valence-electron chi connectivity index (χ1n) is 7.34. The van der Waals surface area contributed by atoms with Crippen LogP contribution in [0.3, 0.4) is 0 Å². The minimum absolute atomic E-state index is 0.183. The summed E-state index contributed by atoms with van der Waals surface area (Å²) in [4.78, 5) is 18.7. The van der Waals surface area contributed by atoms with Crippen LogP contribution in [0.15, 0.2) is 24.3 Å². The number of para-hydroxylation sites is 2. The second kappa shape index (κ2) is 5.95. The quantitative estimate of drug-likeness (QED) is 0.903. The van der Waals surface area contributed by atoms with Crippen LogP contribution in [0.25, 0.3) is 0 Å². The van der Waals surface area contributed by atoms with Crippen molar-refractivity contribution in [2.75, 3.05) is 23.3 Å². The number of H-pyrrole nitrogens is 1. The van der Waals surface area contributed by atoms with Gasteiger partial charge in [-0.1, -0.05) is 19.1 Å². The number of carbonyl (C=O) groups is 1.